The van der Waals surface area contributed by atoms with Crippen molar-refractivity contribution < 1.29 is 4.79 Å². The standard InChI is InChI=1S/C18H26N2O/c1-18(2,3)14-8-6-13(7-9-14)16-5-4-12-20(16)17(21)19-15-10-11-15/h6-9,15-16H,4-5,10-12H2,1-3H3,(H,19,21). The molecular weight excluding hydrogens is 260 g/mol. The Kier molecular flexibility index (Phi) is 3.68. The second kappa shape index (κ2) is 5.36. The molecule has 1 aromatic carbocycles. The molecule has 2 fully saturated rings. The summed E-state index contributed by atoms with van der Waals surface area (Å²) in [5.74, 6) is 0. The molecule has 1 aliphatic carbocycles. The monoisotopic (exact) mass is 286 g/mol. The van der Waals surface area contributed by atoms with E-state index in [1.165, 1.54) is 11.1 Å². The molecule has 2 aliphatic rings. The average molecular weight is 286 g/mol. The highest BCUT2D eigenvalue weighted by molar-refractivity contribution is 5.75. The fourth-order valence-corrected chi connectivity index (χ4v) is 3.05. The Morgan fingerprint density at radius 2 is 1.81 bits per heavy atom. The van der Waals surface area contributed by atoms with Gasteiger partial charge in [-0.05, 0) is 42.2 Å². The minimum absolute atomic E-state index is 0.125. The van der Waals surface area contributed by atoms with Gasteiger partial charge in [0, 0.05) is 12.6 Å². The van der Waals surface area contributed by atoms with E-state index in [-0.39, 0.29) is 17.5 Å². The highest BCUT2D eigenvalue weighted by atomic mass is 16.2. The lowest BCUT2D eigenvalue weighted by atomic mass is 9.86. The number of urea groups is 1. The number of rotatable bonds is 2. The van der Waals surface area contributed by atoms with E-state index < -0.39 is 0 Å². The zero-order chi connectivity index (χ0) is 15.0. The van der Waals surface area contributed by atoms with Crippen molar-refractivity contribution in [2.45, 2.75) is 64.0 Å². The predicted molar refractivity (Wildman–Crippen MR) is 85.4 cm³/mol. The normalized spacial score (nSPS) is 22.4. The summed E-state index contributed by atoms with van der Waals surface area (Å²) in [6.07, 6.45) is 4.46. The number of carbonyl (C=O) groups excluding carboxylic acids is 1. The van der Waals surface area contributed by atoms with Crippen LogP contribution < -0.4 is 5.32 Å². The molecular formula is C18H26N2O. The first-order valence-electron chi connectivity index (χ1n) is 8.13. The Morgan fingerprint density at radius 1 is 1.14 bits per heavy atom. The van der Waals surface area contributed by atoms with Crippen LogP contribution in [0.3, 0.4) is 0 Å². The van der Waals surface area contributed by atoms with Crippen molar-refractivity contribution in [3.05, 3.63) is 35.4 Å². The maximum atomic E-state index is 12.3. The first-order chi connectivity index (χ1) is 9.95. The van der Waals surface area contributed by atoms with Crippen LogP contribution >= 0.6 is 0 Å². The molecule has 114 valence electrons. The molecule has 0 radical (unpaired) electrons. The highest BCUT2D eigenvalue weighted by Crippen LogP contribution is 2.33. The molecule has 0 spiro atoms. The fraction of sp³-hybridized carbons (Fsp3) is 0.611. The van der Waals surface area contributed by atoms with Gasteiger partial charge in [0.1, 0.15) is 0 Å². The van der Waals surface area contributed by atoms with Gasteiger partial charge >= 0.3 is 6.03 Å². The van der Waals surface area contributed by atoms with E-state index in [9.17, 15) is 4.79 Å². The van der Waals surface area contributed by atoms with E-state index in [1.54, 1.807) is 0 Å². The molecule has 3 heteroatoms. The first-order valence-corrected chi connectivity index (χ1v) is 8.13. The molecule has 3 nitrogen and oxygen atoms in total. The molecule has 0 bridgehead atoms. The summed E-state index contributed by atoms with van der Waals surface area (Å²) < 4.78 is 0. The van der Waals surface area contributed by atoms with Gasteiger partial charge in [0.05, 0.1) is 6.04 Å². The van der Waals surface area contributed by atoms with E-state index in [0.29, 0.717) is 6.04 Å². The van der Waals surface area contributed by atoms with E-state index >= 15 is 0 Å². The summed E-state index contributed by atoms with van der Waals surface area (Å²) in [7, 11) is 0. The fourth-order valence-electron chi connectivity index (χ4n) is 3.05. The lowest BCUT2D eigenvalue weighted by Gasteiger charge is -2.26. The van der Waals surface area contributed by atoms with E-state index in [4.69, 9.17) is 0 Å². The largest absolute Gasteiger partial charge is 0.335 e. The minimum Gasteiger partial charge on any atom is -0.335 e. The smallest absolute Gasteiger partial charge is 0.318 e. The van der Waals surface area contributed by atoms with Crippen molar-refractivity contribution in [3.8, 4) is 0 Å². The van der Waals surface area contributed by atoms with Crippen LogP contribution in [0.2, 0.25) is 0 Å². The van der Waals surface area contributed by atoms with Crippen molar-refractivity contribution in [3.63, 3.8) is 0 Å². The summed E-state index contributed by atoms with van der Waals surface area (Å²) in [5.41, 5.74) is 2.79. The summed E-state index contributed by atoms with van der Waals surface area (Å²) in [6.45, 7) is 7.57. The molecule has 1 saturated heterocycles. The van der Waals surface area contributed by atoms with Gasteiger partial charge in [-0.2, -0.15) is 0 Å². The van der Waals surface area contributed by atoms with Crippen LogP contribution in [0.25, 0.3) is 0 Å². The number of nitrogens with zero attached hydrogens (tertiary/aromatic N) is 1. The van der Waals surface area contributed by atoms with Gasteiger partial charge in [0.2, 0.25) is 0 Å². The minimum atomic E-state index is 0.125. The Balaban J connectivity index is 1.73. The molecule has 1 N–H and O–H groups in total. The lowest BCUT2D eigenvalue weighted by molar-refractivity contribution is 0.192. The van der Waals surface area contributed by atoms with Crippen LogP contribution in [0.4, 0.5) is 4.79 Å². The van der Waals surface area contributed by atoms with Gasteiger partial charge in [-0.1, -0.05) is 45.0 Å². The third kappa shape index (κ3) is 3.22. The van der Waals surface area contributed by atoms with Crippen LogP contribution in [0.1, 0.15) is 63.6 Å². The van der Waals surface area contributed by atoms with Gasteiger partial charge in [0.25, 0.3) is 0 Å². The third-order valence-corrected chi connectivity index (χ3v) is 4.58. The van der Waals surface area contributed by atoms with Gasteiger partial charge in [-0.3, -0.25) is 0 Å². The number of amides is 2. The SMILES string of the molecule is CC(C)(C)c1ccc(C2CCCN2C(=O)NC2CC2)cc1. The van der Waals surface area contributed by atoms with Crippen molar-refractivity contribution in [2.75, 3.05) is 6.54 Å². The Bertz CT molecular complexity index is 511. The molecule has 3 rings (SSSR count). The van der Waals surface area contributed by atoms with Crippen molar-refractivity contribution >= 4 is 6.03 Å². The number of nitrogens with one attached hydrogen (secondary N) is 1. The third-order valence-electron chi connectivity index (χ3n) is 4.58. The number of benzene rings is 1. The van der Waals surface area contributed by atoms with Crippen molar-refractivity contribution in [2.24, 2.45) is 0 Å². The second-order valence-electron chi connectivity index (χ2n) is 7.45. The molecule has 1 unspecified atom stereocenters. The summed E-state index contributed by atoms with van der Waals surface area (Å²) in [6, 6.07) is 9.64. The summed E-state index contributed by atoms with van der Waals surface area (Å²) >= 11 is 0. The summed E-state index contributed by atoms with van der Waals surface area (Å²) in [4.78, 5) is 14.3. The predicted octanol–water partition coefficient (Wildman–Crippen LogP) is 3.99. The Morgan fingerprint density at radius 3 is 2.38 bits per heavy atom. The van der Waals surface area contributed by atoms with Gasteiger partial charge in [-0.15, -0.1) is 0 Å². The van der Waals surface area contributed by atoms with Gasteiger partial charge < -0.3 is 10.2 Å². The van der Waals surface area contributed by atoms with Crippen molar-refractivity contribution in [1.82, 2.24) is 10.2 Å². The number of hydrogen-bond acceptors (Lipinski definition) is 1. The molecule has 1 saturated carbocycles. The molecule has 2 amide bonds. The first kappa shape index (κ1) is 14.4. The molecule has 21 heavy (non-hydrogen) atoms. The van der Waals surface area contributed by atoms with Crippen LogP contribution in [-0.4, -0.2) is 23.5 Å². The van der Waals surface area contributed by atoms with E-state index in [0.717, 1.165) is 32.2 Å². The number of hydrogen-bond donors (Lipinski definition) is 1. The summed E-state index contributed by atoms with van der Waals surface area (Å²) in [5, 5.41) is 3.12. The molecule has 1 aliphatic heterocycles. The maximum Gasteiger partial charge on any atom is 0.318 e. The highest BCUT2D eigenvalue weighted by Gasteiger charge is 2.33. The van der Waals surface area contributed by atoms with Crippen LogP contribution in [0.15, 0.2) is 24.3 Å². The second-order valence-corrected chi connectivity index (χ2v) is 7.45. The van der Waals surface area contributed by atoms with Crippen LogP contribution in [-0.2, 0) is 5.41 Å². The molecule has 0 aromatic heterocycles. The van der Waals surface area contributed by atoms with Gasteiger partial charge in [0.15, 0.2) is 0 Å². The van der Waals surface area contributed by atoms with Crippen LogP contribution in [0.5, 0.6) is 0 Å². The molecule has 1 atom stereocenters. The zero-order valence-electron chi connectivity index (χ0n) is 13.4. The van der Waals surface area contributed by atoms with Crippen molar-refractivity contribution in [1.29, 1.82) is 0 Å². The molecule has 1 aromatic rings. The molecule has 1 heterocycles. The quantitative estimate of drug-likeness (QED) is 0.876. The van der Waals surface area contributed by atoms with Gasteiger partial charge in [-0.25, -0.2) is 4.79 Å². The van der Waals surface area contributed by atoms with E-state index in [2.05, 4.69) is 50.4 Å². The zero-order valence-corrected chi connectivity index (χ0v) is 13.4. The maximum absolute atomic E-state index is 12.3. The van der Waals surface area contributed by atoms with E-state index in [1.807, 2.05) is 4.90 Å². The lowest BCUT2D eigenvalue weighted by Crippen LogP contribution is -2.40. The Labute approximate surface area is 127 Å². The van der Waals surface area contributed by atoms with Crippen LogP contribution in [0, 0.1) is 0 Å². The number of likely N-dealkylation sites (tertiary alicyclic amines) is 1. The number of carbonyl (C=O) groups is 1. The topological polar surface area (TPSA) is 32.3 Å². The Hall–Kier alpha value is -1.51. The average Bonchev–Trinajstić information content (AvgIpc) is 3.11.